The van der Waals surface area contributed by atoms with E-state index in [9.17, 15) is 5.11 Å². The van der Waals surface area contributed by atoms with Gasteiger partial charge in [0.15, 0.2) is 0 Å². The summed E-state index contributed by atoms with van der Waals surface area (Å²) in [5, 5.41) is 14.4. The molecule has 1 N–H and O–H groups in total. The van der Waals surface area contributed by atoms with Crippen LogP contribution in [0.15, 0.2) is 10.7 Å². The second-order valence-electron chi connectivity index (χ2n) is 3.57. The molecule has 15 heavy (non-hydrogen) atoms. The second-order valence-corrected chi connectivity index (χ2v) is 4.42. The molecule has 1 aromatic rings. The number of aliphatic hydroxyl groups is 1. The minimum absolute atomic E-state index is 0.272. The van der Waals surface area contributed by atoms with Gasteiger partial charge in [-0.05, 0) is 36.7 Å². The number of hydrogen-bond acceptors (Lipinski definition) is 3. The normalized spacial score (nSPS) is 15.3. The number of aryl methyl sites for hydroxylation is 1. The number of hydrogen-bond donors (Lipinski definition) is 1. The van der Waals surface area contributed by atoms with Crippen molar-refractivity contribution < 1.29 is 9.84 Å². The van der Waals surface area contributed by atoms with Crippen molar-refractivity contribution in [2.45, 2.75) is 32.9 Å². The van der Waals surface area contributed by atoms with Gasteiger partial charge in [-0.15, -0.1) is 0 Å². The van der Waals surface area contributed by atoms with Gasteiger partial charge in [0.1, 0.15) is 5.60 Å². The van der Waals surface area contributed by atoms with Crippen molar-refractivity contribution in [3.05, 3.63) is 16.4 Å². The molecule has 0 aromatic carbocycles. The van der Waals surface area contributed by atoms with Crippen molar-refractivity contribution in [3.63, 3.8) is 0 Å². The molecule has 86 valence electrons. The molecule has 0 bridgehead atoms. The SMILES string of the molecule is CCOCC(C)(O)c1c(Br)cnn1CC. The monoisotopic (exact) mass is 276 g/mol. The number of ether oxygens (including phenoxy) is 1. The molecule has 1 atom stereocenters. The predicted octanol–water partition coefficient (Wildman–Crippen LogP) is 1.91. The van der Waals surface area contributed by atoms with E-state index in [2.05, 4.69) is 21.0 Å². The fourth-order valence-electron chi connectivity index (χ4n) is 1.51. The van der Waals surface area contributed by atoms with Crippen LogP contribution in [0.25, 0.3) is 0 Å². The van der Waals surface area contributed by atoms with Gasteiger partial charge in [-0.1, -0.05) is 0 Å². The average molecular weight is 277 g/mol. The van der Waals surface area contributed by atoms with Crippen molar-refractivity contribution in [1.82, 2.24) is 9.78 Å². The molecule has 1 aromatic heterocycles. The van der Waals surface area contributed by atoms with Gasteiger partial charge in [0.25, 0.3) is 0 Å². The lowest BCUT2D eigenvalue weighted by Gasteiger charge is -2.24. The minimum Gasteiger partial charge on any atom is -0.381 e. The fourth-order valence-corrected chi connectivity index (χ4v) is 2.23. The van der Waals surface area contributed by atoms with Crippen molar-refractivity contribution in [2.75, 3.05) is 13.2 Å². The summed E-state index contributed by atoms with van der Waals surface area (Å²) in [5.41, 5.74) is -0.250. The lowest BCUT2D eigenvalue weighted by Crippen LogP contribution is -2.31. The van der Waals surface area contributed by atoms with Gasteiger partial charge in [-0.3, -0.25) is 4.68 Å². The van der Waals surface area contributed by atoms with E-state index in [1.54, 1.807) is 17.8 Å². The molecule has 0 aliphatic rings. The van der Waals surface area contributed by atoms with E-state index in [1.807, 2.05) is 13.8 Å². The number of halogens is 1. The van der Waals surface area contributed by atoms with E-state index in [4.69, 9.17) is 4.74 Å². The van der Waals surface area contributed by atoms with E-state index in [-0.39, 0.29) is 6.61 Å². The molecule has 0 saturated heterocycles. The highest BCUT2D eigenvalue weighted by Crippen LogP contribution is 2.28. The van der Waals surface area contributed by atoms with Crippen LogP contribution in [0.3, 0.4) is 0 Å². The molecule has 5 heteroatoms. The van der Waals surface area contributed by atoms with Crippen LogP contribution in [0.1, 0.15) is 26.5 Å². The quantitative estimate of drug-likeness (QED) is 0.894. The van der Waals surface area contributed by atoms with E-state index in [0.717, 1.165) is 16.7 Å². The third-order valence-corrected chi connectivity index (χ3v) is 2.77. The molecule has 0 amide bonds. The standard InChI is InChI=1S/C10H17BrN2O2/c1-4-13-9(8(11)6-12-13)10(3,14)7-15-5-2/h6,14H,4-5,7H2,1-3H3. The average Bonchev–Trinajstić information content (AvgIpc) is 2.57. The molecule has 4 nitrogen and oxygen atoms in total. The van der Waals surface area contributed by atoms with Crippen LogP contribution < -0.4 is 0 Å². The van der Waals surface area contributed by atoms with Gasteiger partial charge in [0.2, 0.25) is 0 Å². The van der Waals surface area contributed by atoms with Crippen LogP contribution in [0.4, 0.5) is 0 Å². The zero-order valence-electron chi connectivity index (χ0n) is 9.33. The van der Waals surface area contributed by atoms with Gasteiger partial charge in [-0.2, -0.15) is 5.10 Å². The van der Waals surface area contributed by atoms with Crippen molar-refractivity contribution in [3.8, 4) is 0 Å². The summed E-state index contributed by atoms with van der Waals surface area (Å²) in [4.78, 5) is 0. The molecule has 1 rings (SSSR count). The third-order valence-electron chi connectivity index (χ3n) is 2.19. The Labute approximate surface area is 98.4 Å². The second kappa shape index (κ2) is 5.09. The Morgan fingerprint density at radius 2 is 2.27 bits per heavy atom. The molecule has 0 spiro atoms. The Morgan fingerprint density at radius 3 is 2.80 bits per heavy atom. The van der Waals surface area contributed by atoms with Crippen LogP contribution in [0.2, 0.25) is 0 Å². The highest BCUT2D eigenvalue weighted by atomic mass is 79.9. The van der Waals surface area contributed by atoms with E-state index < -0.39 is 5.60 Å². The zero-order valence-corrected chi connectivity index (χ0v) is 10.9. The summed E-state index contributed by atoms with van der Waals surface area (Å²) in [5.74, 6) is 0. The molecule has 0 aliphatic heterocycles. The summed E-state index contributed by atoms with van der Waals surface area (Å²) >= 11 is 3.39. The smallest absolute Gasteiger partial charge is 0.128 e. The Bertz CT molecular complexity index is 323. The summed E-state index contributed by atoms with van der Waals surface area (Å²) in [7, 11) is 0. The van der Waals surface area contributed by atoms with E-state index in [0.29, 0.717) is 6.61 Å². The zero-order chi connectivity index (χ0) is 11.5. The first kappa shape index (κ1) is 12.7. The summed E-state index contributed by atoms with van der Waals surface area (Å²) in [6.45, 7) is 7.21. The molecular weight excluding hydrogens is 260 g/mol. The molecule has 1 heterocycles. The summed E-state index contributed by atoms with van der Waals surface area (Å²) < 4.78 is 7.85. The Kier molecular flexibility index (Phi) is 4.31. The molecule has 0 fully saturated rings. The van der Waals surface area contributed by atoms with Crippen molar-refractivity contribution in [2.24, 2.45) is 0 Å². The lowest BCUT2D eigenvalue weighted by molar-refractivity contribution is -0.0404. The third kappa shape index (κ3) is 2.80. The summed E-state index contributed by atoms with van der Waals surface area (Å²) in [6, 6.07) is 0. The fraction of sp³-hybridized carbons (Fsp3) is 0.700. The largest absolute Gasteiger partial charge is 0.381 e. The van der Waals surface area contributed by atoms with Crippen LogP contribution in [0, 0.1) is 0 Å². The Balaban J connectivity index is 2.96. The predicted molar refractivity (Wildman–Crippen MR) is 61.7 cm³/mol. The van der Waals surface area contributed by atoms with Crippen LogP contribution in [-0.4, -0.2) is 28.1 Å². The molecule has 0 aliphatic carbocycles. The van der Waals surface area contributed by atoms with E-state index in [1.165, 1.54) is 0 Å². The first-order valence-electron chi connectivity index (χ1n) is 5.04. The van der Waals surface area contributed by atoms with Gasteiger partial charge < -0.3 is 9.84 Å². The highest BCUT2D eigenvalue weighted by Gasteiger charge is 2.30. The van der Waals surface area contributed by atoms with E-state index >= 15 is 0 Å². The Hall–Kier alpha value is -0.390. The van der Waals surface area contributed by atoms with Gasteiger partial charge in [-0.25, -0.2) is 0 Å². The lowest BCUT2D eigenvalue weighted by atomic mass is 10.0. The molecule has 0 radical (unpaired) electrons. The summed E-state index contributed by atoms with van der Waals surface area (Å²) in [6.07, 6.45) is 1.69. The van der Waals surface area contributed by atoms with Gasteiger partial charge >= 0.3 is 0 Å². The highest BCUT2D eigenvalue weighted by molar-refractivity contribution is 9.10. The van der Waals surface area contributed by atoms with Crippen molar-refractivity contribution >= 4 is 15.9 Å². The first-order valence-corrected chi connectivity index (χ1v) is 5.84. The molecular formula is C10H17BrN2O2. The molecule has 1 unspecified atom stereocenters. The Morgan fingerprint density at radius 1 is 1.60 bits per heavy atom. The maximum absolute atomic E-state index is 10.3. The maximum atomic E-state index is 10.3. The number of nitrogens with zero attached hydrogens (tertiary/aromatic N) is 2. The van der Waals surface area contributed by atoms with Gasteiger partial charge in [0, 0.05) is 13.2 Å². The number of rotatable bonds is 5. The minimum atomic E-state index is -1.01. The maximum Gasteiger partial charge on any atom is 0.128 e. The number of aromatic nitrogens is 2. The first-order chi connectivity index (χ1) is 7.03. The van der Waals surface area contributed by atoms with Crippen LogP contribution in [0.5, 0.6) is 0 Å². The van der Waals surface area contributed by atoms with Crippen LogP contribution in [-0.2, 0) is 16.9 Å². The van der Waals surface area contributed by atoms with Crippen molar-refractivity contribution in [1.29, 1.82) is 0 Å². The molecule has 0 saturated carbocycles. The van der Waals surface area contributed by atoms with Crippen LogP contribution >= 0.6 is 15.9 Å². The van der Waals surface area contributed by atoms with Gasteiger partial charge in [0.05, 0.1) is 23.0 Å². The topological polar surface area (TPSA) is 47.3 Å².